The maximum atomic E-state index is 13.8. The Morgan fingerprint density at radius 2 is 2.27 bits per heavy atom. The lowest BCUT2D eigenvalue weighted by Crippen LogP contribution is -2.37. The van der Waals surface area contributed by atoms with Gasteiger partial charge in [0.15, 0.2) is 5.82 Å². The number of rotatable bonds is 4. The molecule has 3 aromatic rings. The number of benzene rings is 1. The van der Waals surface area contributed by atoms with Crippen LogP contribution in [0.15, 0.2) is 41.8 Å². The van der Waals surface area contributed by atoms with E-state index in [1.165, 1.54) is 18.2 Å². The Kier molecular flexibility index (Phi) is 4.65. The predicted octanol–water partition coefficient (Wildman–Crippen LogP) is 3.94. The van der Waals surface area contributed by atoms with Crippen molar-refractivity contribution in [2.24, 2.45) is 0 Å². The summed E-state index contributed by atoms with van der Waals surface area (Å²) >= 11 is 7.51. The monoisotopic (exact) mass is 390 g/mol. The van der Waals surface area contributed by atoms with Crippen LogP contribution in [0, 0.1) is 5.82 Å². The van der Waals surface area contributed by atoms with Crippen LogP contribution in [0.25, 0.3) is 10.6 Å². The van der Waals surface area contributed by atoms with Crippen molar-refractivity contribution in [2.75, 3.05) is 18.0 Å². The van der Waals surface area contributed by atoms with Crippen LogP contribution >= 0.6 is 22.9 Å². The van der Waals surface area contributed by atoms with Gasteiger partial charge in [-0.2, -0.15) is 5.10 Å². The summed E-state index contributed by atoms with van der Waals surface area (Å²) < 4.78 is 13.8. The number of halogens is 2. The normalized spacial score (nSPS) is 16.8. The number of hydrogen-bond donors (Lipinski definition) is 2. The fourth-order valence-corrected chi connectivity index (χ4v) is 3.92. The van der Waals surface area contributed by atoms with Gasteiger partial charge in [0.05, 0.1) is 16.1 Å². The molecule has 134 valence electrons. The molecule has 0 unspecified atom stereocenters. The standard InChI is InChI=1S/C18H16ClFN4OS/c19-11-3-4-14(20)13(8-11)18(25)21-12-5-6-24(10-12)17-9-15(22-23-17)16-2-1-7-26-16/h1-4,7-9,12H,5-6,10H2,(H,21,25)(H,22,23)/t12-/m1/s1. The molecular weight excluding hydrogens is 375 g/mol. The average molecular weight is 391 g/mol. The summed E-state index contributed by atoms with van der Waals surface area (Å²) in [7, 11) is 0. The maximum Gasteiger partial charge on any atom is 0.254 e. The molecule has 1 atom stereocenters. The van der Waals surface area contributed by atoms with Crippen molar-refractivity contribution >= 4 is 34.7 Å². The molecule has 3 heterocycles. The number of carbonyl (C=O) groups excluding carboxylic acids is 1. The molecule has 0 spiro atoms. The summed E-state index contributed by atoms with van der Waals surface area (Å²) in [6.07, 6.45) is 0.773. The average Bonchev–Trinajstić information content (AvgIpc) is 3.37. The summed E-state index contributed by atoms with van der Waals surface area (Å²) in [5.74, 6) is -0.174. The number of amides is 1. The molecule has 5 nitrogen and oxygen atoms in total. The summed E-state index contributed by atoms with van der Waals surface area (Å²) in [6, 6.07) is 9.95. The Hall–Kier alpha value is -2.38. The quantitative estimate of drug-likeness (QED) is 0.709. The minimum absolute atomic E-state index is 0.0318. The number of H-pyrrole nitrogens is 1. The van der Waals surface area contributed by atoms with Gasteiger partial charge in [0.25, 0.3) is 5.91 Å². The Bertz CT molecular complexity index is 927. The van der Waals surface area contributed by atoms with E-state index in [0.29, 0.717) is 11.6 Å². The third kappa shape index (κ3) is 3.45. The van der Waals surface area contributed by atoms with Gasteiger partial charge in [-0.15, -0.1) is 11.3 Å². The van der Waals surface area contributed by atoms with E-state index < -0.39 is 11.7 Å². The molecule has 1 amide bonds. The molecule has 0 saturated carbocycles. The van der Waals surface area contributed by atoms with E-state index >= 15 is 0 Å². The Labute approximate surface area is 158 Å². The second kappa shape index (κ2) is 7.09. The number of aromatic nitrogens is 2. The maximum absolute atomic E-state index is 13.8. The van der Waals surface area contributed by atoms with Gasteiger partial charge in [-0.3, -0.25) is 9.89 Å². The molecule has 8 heteroatoms. The second-order valence-electron chi connectivity index (χ2n) is 6.15. The third-order valence-corrected chi connectivity index (χ3v) is 5.51. The molecule has 0 radical (unpaired) electrons. The molecule has 1 aliphatic rings. The van der Waals surface area contributed by atoms with Crippen molar-refractivity contribution < 1.29 is 9.18 Å². The van der Waals surface area contributed by atoms with E-state index in [-0.39, 0.29) is 11.6 Å². The zero-order valence-electron chi connectivity index (χ0n) is 13.7. The Morgan fingerprint density at radius 3 is 3.08 bits per heavy atom. The topological polar surface area (TPSA) is 61.0 Å². The van der Waals surface area contributed by atoms with Gasteiger partial charge in [0, 0.05) is 30.2 Å². The van der Waals surface area contributed by atoms with Gasteiger partial charge in [-0.05, 0) is 36.1 Å². The number of aromatic amines is 1. The van der Waals surface area contributed by atoms with Crippen LogP contribution in [0.2, 0.25) is 5.02 Å². The van der Waals surface area contributed by atoms with E-state index in [1.54, 1.807) is 11.3 Å². The van der Waals surface area contributed by atoms with Gasteiger partial charge in [-0.1, -0.05) is 17.7 Å². The largest absolute Gasteiger partial charge is 0.353 e. The number of carbonyl (C=O) groups is 1. The van der Waals surface area contributed by atoms with Gasteiger partial charge < -0.3 is 10.2 Å². The van der Waals surface area contributed by atoms with Crippen molar-refractivity contribution in [3.63, 3.8) is 0 Å². The summed E-state index contributed by atoms with van der Waals surface area (Å²) in [6.45, 7) is 1.40. The molecular formula is C18H16ClFN4OS. The Morgan fingerprint density at radius 1 is 1.38 bits per heavy atom. The first-order valence-corrected chi connectivity index (χ1v) is 9.46. The van der Waals surface area contributed by atoms with E-state index in [9.17, 15) is 9.18 Å². The van der Waals surface area contributed by atoms with Crippen LogP contribution in [0.5, 0.6) is 0 Å². The molecule has 26 heavy (non-hydrogen) atoms. The first-order chi connectivity index (χ1) is 12.6. The second-order valence-corrected chi connectivity index (χ2v) is 7.53. The molecule has 4 rings (SSSR count). The number of hydrogen-bond acceptors (Lipinski definition) is 4. The minimum Gasteiger partial charge on any atom is -0.353 e. The van der Waals surface area contributed by atoms with Gasteiger partial charge in [0.2, 0.25) is 0 Å². The number of nitrogens with one attached hydrogen (secondary N) is 2. The molecule has 2 aromatic heterocycles. The number of thiophene rings is 1. The van der Waals surface area contributed by atoms with Gasteiger partial charge in [0.1, 0.15) is 5.82 Å². The smallest absolute Gasteiger partial charge is 0.254 e. The van der Waals surface area contributed by atoms with Crippen LogP contribution in [0.3, 0.4) is 0 Å². The number of anilines is 1. The zero-order valence-corrected chi connectivity index (χ0v) is 15.3. The summed E-state index contributed by atoms with van der Waals surface area (Å²) in [5.41, 5.74) is 0.944. The lowest BCUT2D eigenvalue weighted by Gasteiger charge is -2.16. The highest BCUT2D eigenvalue weighted by Gasteiger charge is 2.26. The van der Waals surface area contributed by atoms with Crippen LogP contribution in [-0.2, 0) is 0 Å². The highest BCUT2D eigenvalue weighted by Crippen LogP contribution is 2.27. The summed E-state index contributed by atoms with van der Waals surface area (Å²) in [4.78, 5) is 15.6. The lowest BCUT2D eigenvalue weighted by molar-refractivity contribution is 0.0936. The van der Waals surface area contributed by atoms with Crippen molar-refractivity contribution in [1.82, 2.24) is 15.5 Å². The molecule has 2 N–H and O–H groups in total. The number of nitrogens with zero attached hydrogens (tertiary/aromatic N) is 2. The Balaban J connectivity index is 1.41. The molecule has 1 fully saturated rings. The third-order valence-electron chi connectivity index (χ3n) is 4.37. The molecule has 1 aromatic carbocycles. The highest BCUT2D eigenvalue weighted by atomic mass is 35.5. The van der Waals surface area contributed by atoms with Crippen molar-refractivity contribution in [3.8, 4) is 10.6 Å². The highest BCUT2D eigenvalue weighted by molar-refractivity contribution is 7.13. The lowest BCUT2D eigenvalue weighted by atomic mass is 10.1. The van der Waals surface area contributed by atoms with E-state index in [1.807, 2.05) is 23.6 Å². The van der Waals surface area contributed by atoms with Crippen LogP contribution in [0.4, 0.5) is 10.2 Å². The van der Waals surface area contributed by atoms with Crippen LogP contribution in [-0.4, -0.2) is 35.2 Å². The predicted molar refractivity (Wildman–Crippen MR) is 101 cm³/mol. The fraction of sp³-hybridized carbons (Fsp3) is 0.222. The molecule has 0 bridgehead atoms. The molecule has 0 aliphatic carbocycles. The first-order valence-electron chi connectivity index (χ1n) is 8.20. The van der Waals surface area contributed by atoms with Crippen LogP contribution in [0.1, 0.15) is 16.8 Å². The molecule has 1 aliphatic heterocycles. The van der Waals surface area contributed by atoms with Gasteiger partial charge >= 0.3 is 0 Å². The first kappa shape index (κ1) is 17.1. The van der Waals surface area contributed by atoms with Crippen LogP contribution < -0.4 is 10.2 Å². The van der Waals surface area contributed by atoms with E-state index in [2.05, 4.69) is 20.4 Å². The molecule has 1 saturated heterocycles. The zero-order chi connectivity index (χ0) is 18.1. The van der Waals surface area contributed by atoms with Gasteiger partial charge in [-0.25, -0.2) is 4.39 Å². The van der Waals surface area contributed by atoms with Crippen molar-refractivity contribution in [3.05, 3.63) is 58.2 Å². The summed E-state index contributed by atoms with van der Waals surface area (Å²) in [5, 5.41) is 12.7. The van der Waals surface area contributed by atoms with E-state index in [0.717, 1.165) is 29.4 Å². The fourth-order valence-electron chi connectivity index (χ4n) is 3.05. The van der Waals surface area contributed by atoms with Crippen molar-refractivity contribution in [2.45, 2.75) is 12.5 Å². The van der Waals surface area contributed by atoms with E-state index in [4.69, 9.17) is 11.6 Å². The minimum atomic E-state index is -0.574. The SMILES string of the molecule is O=C(N[C@@H]1CCN(c2cc(-c3cccs3)[nH]n2)C1)c1cc(Cl)ccc1F. The van der Waals surface area contributed by atoms with Crippen molar-refractivity contribution in [1.29, 1.82) is 0 Å².